The molecule has 1 N–H and O–H groups in total. The van der Waals surface area contributed by atoms with E-state index in [1.54, 1.807) is 7.11 Å². The van der Waals surface area contributed by atoms with Crippen molar-refractivity contribution >= 4 is 72.2 Å². The number of anilines is 1. The number of nitrogens with one attached hydrogen (secondary N) is 1. The van der Waals surface area contributed by atoms with E-state index < -0.39 is 0 Å². The normalized spacial score (nSPS) is 10.4. The molecular weight excluding hydrogens is 551 g/mol. The minimum atomic E-state index is -0.171. The number of rotatable bonds is 4. The number of nitrogens with zero attached hydrogens (tertiary/aromatic N) is 1. The Bertz CT molecular complexity index is 1130. The van der Waals surface area contributed by atoms with Crippen LogP contribution in [0, 0.1) is 3.57 Å². The van der Waals surface area contributed by atoms with Crippen LogP contribution in [0.1, 0.15) is 10.4 Å². The van der Waals surface area contributed by atoms with Crippen LogP contribution in [0.2, 0.25) is 0 Å². The lowest BCUT2D eigenvalue weighted by atomic mass is 10.0. The molecule has 0 saturated carbocycles. The monoisotopic (exact) mass is 566 g/mol. The predicted octanol–water partition coefficient (Wildman–Crippen LogP) is 6.41. The topological polar surface area (TPSA) is 51.2 Å². The van der Waals surface area contributed by atoms with Crippen molar-refractivity contribution in [1.82, 2.24) is 4.98 Å². The second-order valence-corrected chi connectivity index (χ2v) is 8.06. The molecule has 0 saturated heterocycles. The van der Waals surface area contributed by atoms with E-state index in [-0.39, 0.29) is 22.9 Å². The van der Waals surface area contributed by atoms with Gasteiger partial charge in [0, 0.05) is 9.13 Å². The Morgan fingerprint density at radius 3 is 2.54 bits per heavy atom. The van der Waals surface area contributed by atoms with Crippen LogP contribution >= 0.6 is 50.9 Å². The number of hydrogen-bond donors (Lipinski definition) is 1. The van der Waals surface area contributed by atoms with Crippen LogP contribution < -0.4 is 10.1 Å². The van der Waals surface area contributed by atoms with Crippen LogP contribution in [0.4, 0.5) is 5.13 Å². The van der Waals surface area contributed by atoms with E-state index >= 15 is 0 Å². The van der Waals surface area contributed by atoms with E-state index in [4.69, 9.17) is 4.74 Å². The van der Waals surface area contributed by atoms with Crippen molar-refractivity contribution < 1.29 is 9.53 Å². The maximum Gasteiger partial charge on any atom is 0.257 e. The number of methoxy groups -OCH3 is 1. The summed E-state index contributed by atoms with van der Waals surface area (Å²) in [5.41, 5.74) is 3.68. The van der Waals surface area contributed by atoms with Crippen LogP contribution in [0.3, 0.4) is 0 Å². The van der Waals surface area contributed by atoms with Crippen molar-refractivity contribution in [3.8, 4) is 16.9 Å². The highest BCUT2D eigenvalue weighted by atomic mass is 127. The summed E-state index contributed by atoms with van der Waals surface area (Å²) in [6.07, 6.45) is 0. The van der Waals surface area contributed by atoms with Gasteiger partial charge in [0.15, 0.2) is 5.13 Å². The molecule has 0 bridgehead atoms. The van der Waals surface area contributed by atoms with Gasteiger partial charge >= 0.3 is 0 Å². The number of carbonyl (C=O) groups is 1. The summed E-state index contributed by atoms with van der Waals surface area (Å²) < 4.78 is 7.38. The molecule has 0 spiro atoms. The summed E-state index contributed by atoms with van der Waals surface area (Å²) in [4.78, 5) is 17.0. The quantitative estimate of drug-likeness (QED) is 0.291. The van der Waals surface area contributed by atoms with E-state index in [9.17, 15) is 4.79 Å². The zero-order valence-corrected chi connectivity index (χ0v) is 19.5. The zero-order valence-electron chi connectivity index (χ0n) is 14.8. The van der Waals surface area contributed by atoms with E-state index in [0.29, 0.717) is 10.7 Å². The fourth-order valence-corrected chi connectivity index (χ4v) is 4.34. The zero-order chi connectivity index (χ0) is 18.8. The molecule has 0 aliphatic carbocycles. The molecule has 4 aromatic rings. The van der Waals surface area contributed by atoms with Crippen LogP contribution in [0.25, 0.3) is 21.3 Å². The van der Waals surface area contributed by atoms with Crippen molar-refractivity contribution in [3.63, 3.8) is 0 Å². The van der Waals surface area contributed by atoms with Crippen LogP contribution in [0.5, 0.6) is 5.75 Å². The molecule has 1 heterocycles. The van der Waals surface area contributed by atoms with Crippen molar-refractivity contribution in [2.45, 2.75) is 0 Å². The van der Waals surface area contributed by atoms with Crippen LogP contribution in [0.15, 0.2) is 66.7 Å². The number of halogens is 2. The highest BCUT2D eigenvalue weighted by Crippen LogP contribution is 2.30. The molecule has 1 aromatic heterocycles. The summed E-state index contributed by atoms with van der Waals surface area (Å²) in [5.74, 6) is 0.602. The number of carbonyl (C=O) groups excluding carboxylic acids is 1. The van der Waals surface area contributed by atoms with Gasteiger partial charge in [-0.05, 0) is 70.1 Å². The molecule has 28 heavy (non-hydrogen) atoms. The minimum absolute atomic E-state index is 0. The lowest BCUT2D eigenvalue weighted by Crippen LogP contribution is -2.11. The minimum Gasteiger partial charge on any atom is -0.497 e. The summed E-state index contributed by atoms with van der Waals surface area (Å²) >= 11 is 3.75. The standard InChI is InChI=1S/C21H15IN2O2S.BrH/c1-26-15-10-11-18-19(12-15)27-21(23-18)24-20(25)14-8-6-13(7-9-14)16-4-2-3-5-17(16)22;/h2-12H,1H3,(H,23,24,25);1H. The molecule has 0 aliphatic heterocycles. The Labute approximate surface area is 190 Å². The second-order valence-electron chi connectivity index (χ2n) is 5.86. The van der Waals surface area contributed by atoms with Gasteiger partial charge in [0.05, 0.1) is 17.3 Å². The highest BCUT2D eigenvalue weighted by molar-refractivity contribution is 14.1. The van der Waals surface area contributed by atoms with Gasteiger partial charge in [0.1, 0.15) is 5.75 Å². The molecule has 1 amide bonds. The van der Waals surface area contributed by atoms with Crippen molar-refractivity contribution in [3.05, 3.63) is 75.9 Å². The van der Waals surface area contributed by atoms with Crippen molar-refractivity contribution in [1.29, 1.82) is 0 Å². The maximum atomic E-state index is 12.6. The molecule has 3 aromatic carbocycles. The van der Waals surface area contributed by atoms with Gasteiger partial charge < -0.3 is 4.74 Å². The van der Waals surface area contributed by atoms with Crippen molar-refractivity contribution in [2.24, 2.45) is 0 Å². The molecule has 142 valence electrons. The van der Waals surface area contributed by atoms with Gasteiger partial charge in [0.25, 0.3) is 5.91 Å². The number of aromatic nitrogens is 1. The molecule has 7 heteroatoms. The summed E-state index contributed by atoms with van der Waals surface area (Å²) in [6, 6.07) is 21.4. The Morgan fingerprint density at radius 1 is 1.07 bits per heavy atom. The van der Waals surface area contributed by atoms with Gasteiger partial charge in [-0.15, -0.1) is 17.0 Å². The smallest absolute Gasteiger partial charge is 0.257 e. The molecule has 0 aliphatic rings. The first-order valence-electron chi connectivity index (χ1n) is 8.25. The first kappa shape index (κ1) is 20.8. The van der Waals surface area contributed by atoms with E-state index in [0.717, 1.165) is 27.1 Å². The number of ether oxygens (including phenoxy) is 1. The fraction of sp³-hybridized carbons (Fsp3) is 0.0476. The molecule has 0 fully saturated rings. The van der Waals surface area contributed by atoms with E-state index in [1.807, 2.05) is 54.6 Å². The van der Waals surface area contributed by atoms with Gasteiger partial charge in [0.2, 0.25) is 0 Å². The lowest BCUT2D eigenvalue weighted by Gasteiger charge is -2.06. The van der Waals surface area contributed by atoms with Gasteiger partial charge in [-0.3, -0.25) is 10.1 Å². The first-order valence-corrected chi connectivity index (χ1v) is 10.1. The van der Waals surface area contributed by atoms with Gasteiger partial charge in [-0.1, -0.05) is 41.7 Å². The Kier molecular flexibility index (Phi) is 6.69. The number of hydrogen-bond acceptors (Lipinski definition) is 4. The molecule has 0 radical (unpaired) electrons. The third-order valence-corrected chi connectivity index (χ3v) is 6.02. The fourth-order valence-electron chi connectivity index (χ4n) is 2.75. The lowest BCUT2D eigenvalue weighted by molar-refractivity contribution is 0.102. The third kappa shape index (κ3) is 4.37. The third-order valence-electron chi connectivity index (χ3n) is 4.15. The summed E-state index contributed by atoms with van der Waals surface area (Å²) in [5, 5.41) is 3.46. The number of fused-ring (bicyclic) bond motifs is 1. The maximum absolute atomic E-state index is 12.6. The molecule has 0 atom stereocenters. The van der Waals surface area contributed by atoms with E-state index in [1.165, 1.54) is 14.9 Å². The second kappa shape index (κ2) is 9.02. The average molecular weight is 567 g/mol. The molecule has 0 unspecified atom stereocenters. The first-order chi connectivity index (χ1) is 13.1. The van der Waals surface area contributed by atoms with Crippen molar-refractivity contribution in [2.75, 3.05) is 12.4 Å². The number of benzene rings is 3. The van der Waals surface area contributed by atoms with Crippen LogP contribution in [-0.2, 0) is 0 Å². The SMILES string of the molecule is Br.COc1ccc2nc(NC(=O)c3ccc(-c4ccccc4I)cc3)sc2c1. The Morgan fingerprint density at radius 2 is 1.82 bits per heavy atom. The predicted molar refractivity (Wildman–Crippen MR) is 129 cm³/mol. The largest absolute Gasteiger partial charge is 0.497 e. The highest BCUT2D eigenvalue weighted by Gasteiger charge is 2.11. The number of thiazole rings is 1. The average Bonchev–Trinajstić information content (AvgIpc) is 3.09. The molecular formula is C21H16BrIN2O2S. The van der Waals surface area contributed by atoms with Gasteiger partial charge in [-0.25, -0.2) is 4.98 Å². The van der Waals surface area contributed by atoms with E-state index in [2.05, 4.69) is 45.0 Å². The summed E-state index contributed by atoms with van der Waals surface area (Å²) in [7, 11) is 1.63. The number of amides is 1. The van der Waals surface area contributed by atoms with Gasteiger partial charge in [-0.2, -0.15) is 0 Å². The molecule has 4 rings (SSSR count). The Hall–Kier alpha value is -1.97. The molecule has 4 nitrogen and oxygen atoms in total. The van der Waals surface area contributed by atoms with Crippen LogP contribution in [-0.4, -0.2) is 18.0 Å². The summed E-state index contributed by atoms with van der Waals surface area (Å²) in [6.45, 7) is 0. The Balaban J connectivity index is 0.00000225.